The van der Waals surface area contributed by atoms with E-state index in [-0.39, 0.29) is 23.4 Å². The number of hydrogen-bond donors (Lipinski definition) is 0. The lowest BCUT2D eigenvalue weighted by Gasteiger charge is -2.07. The van der Waals surface area contributed by atoms with Gasteiger partial charge < -0.3 is 0 Å². The smallest absolute Gasteiger partial charge is 0.218 e. The molecule has 0 N–H and O–H groups in total. The summed E-state index contributed by atoms with van der Waals surface area (Å²) in [4.78, 5) is 3.11. The summed E-state index contributed by atoms with van der Waals surface area (Å²) in [6.07, 6.45) is -3.14. The highest BCUT2D eigenvalue weighted by molar-refractivity contribution is 6.17. The van der Waals surface area contributed by atoms with Crippen molar-refractivity contribution in [3.8, 4) is 6.07 Å². The summed E-state index contributed by atoms with van der Waals surface area (Å²) in [5.74, 6) is -1.18. The van der Waals surface area contributed by atoms with Crippen LogP contribution in [0.2, 0.25) is 0 Å². The van der Waals surface area contributed by atoms with E-state index in [1.807, 2.05) is 0 Å². The van der Waals surface area contributed by atoms with Gasteiger partial charge in [0.05, 0.1) is 18.4 Å². The van der Waals surface area contributed by atoms with Crippen molar-refractivity contribution in [1.82, 2.24) is 4.98 Å². The first kappa shape index (κ1) is 11.8. The molecule has 80 valence electrons. The van der Waals surface area contributed by atoms with E-state index in [1.165, 1.54) is 0 Å². The predicted molar refractivity (Wildman–Crippen MR) is 48.0 cm³/mol. The molecule has 0 saturated heterocycles. The fourth-order valence-electron chi connectivity index (χ4n) is 1.10. The topological polar surface area (TPSA) is 36.7 Å². The minimum atomic E-state index is -2.90. The molecule has 0 atom stereocenters. The Morgan fingerprint density at radius 2 is 2.13 bits per heavy atom. The molecule has 1 heterocycles. The van der Waals surface area contributed by atoms with E-state index in [2.05, 4.69) is 4.98 Å². The van der Waals surface area contributed by atoms with Gasteiger partial charge in [-0.05, 0) is 11.6 Å². The van der Waals surface area contributed by atoms with Gasteiger partial charge in [0, 0.05) is 5.56 Å². The third-order valence-corrected chi connectivity index (χ3v) is 2.07. The van der Waals surface area contributed by atoms with Gasteiger partial charge in [0.1, 0.15) is 5.69 Å². The summed E-state index contributed by atoms with van der Waals surface area (Å²) in [7, 11) is 0. The lowest BCUT2D eigenvalue weighted by Crippen LogP contribution is -2.03. The van der Waals surface area contributed by atoms with E-state index >= 15 is 0 Å². The van der Waals surface area contributed by atoms with Crippen molar-refractivity contribution in [2.75, 3.05) is 0 Å². The Hall–Kier alpha value is -1.28. The number of aromatic nitrogens is 1. The minimum absolute atomic E-state index is 0.0181. The maximum absolute atomic E-state index is 13.0. The molecule has 0 aromatic carbocycles. The summed E-state index contributed by atoms with van der Waals surface area (Å²) < 4.78 is 37.8. The van der Waals surface area contributed by atoms with Crippen LogP contribution in [0.1, 0.15) is 23.2 Å². The van der Waals surface area contributed by atoms with Crippen LogP contribution in [-0.4, -0.2) is 4.98 Å². The van der Waals surface area contributed by atoms with Gasteiger partial charge in [0.2, 0.25) is 5.95 Å². The highest BCUT2D eigenvalue weighted by Gasteiger charge is 2.18. The molecular weight excluding hydrogens is 229 g/mol. The highest BCUT2D eigenvalue weighted by Crippen LogP contribution is 2.23. The lowest BCUT2D eigenvalue weighted by molar-refractivity contribution is 0.143. The number of nitriles is 1. The molecule has 0 spiro atoms. The van der Waals surface area contributed by atoms with Crippen LogP contribution in [0.5, 0.6) is 0 Å². The molecule has 0 aliphatic carbocycles. The van der Waals surface area contributed by atoms with Gasteiger partial charge in [-0.1, -0.05) is 0 Å². The standard InChI is InChI=1S/C9H6ClF3N2/c10-4-6-3-5(1-2-14)7(8(11)12)15-9(6)13/h3,8H,1,4H2. The van der Waals surface area contributed by atoms with E-state index in [1.54, 1.807) is 6.07 Å². The first-order valence-corrected chi connectivity index (χ1v) is 4.52. The van der Waals surface area contributed by atoms with Crippen LogP contribution < -0.4 is 0 Å². The average Bonchev–Trinajstić information content (AvgIpc) is 2.20. The molecule has 0 unspecified atom stereocenters. The summed E-state index contributed by atoms with van der Waals surface area (Å²) in [6, 6.07) is 2.86. The van der Waals surface area contributed by atoms with Crippen LogP contribution in [-0.2, 0) is 12.3 Å². The Balaban J connectivity index is 3.26. The van der Waals surface area contributed by atoms with Crippen molar-refractivity contribution >= 4 is 11.6 Å². The van der Waals surface area contributed by atoms with Gasteiger partial charge in [-0.15, -0.1) is 11.6 Å². The van der Waals surface area contributed by atoms with Gasteiger partial charge in [-0.25, -0.2) is 13.8 Å². The first-order valence-electron chi connectivity index (χ1n) is 3.99. The summed E-state index contributed by atoms with van der Waals surface area (Å²) >= 11 is 5.39. The molecule has 1 aromatic heterocycles. The van der Waals surface area contributed by atoms with Crippen LogP contribution in [0.3, 0.4) is 0 Å². The van der Waals surface area contributed by atoms with E-state index in [0.717, 1.165) is 6.07 Å². The Kier molecular flexibility index (Phi) is 3.92. The van der Waals surface area contributed by atoms with Gasteiger partial charge in [-0.3, -0.25) is 0 Å². The number of halogens is 4. The quantitative estimate of drug-likeness (QED) is 0.596. The van der Waals surface area contributed by atoms with Crippen molar-refractivity contribution in [2.24, 2.45) is 0 Å². The van der Waals surface area contributed by atoms with Crippen molar-refractivity contribution in [1.29, 1.82) is 5.26 Å². The monoisotopic (exact) mass is 234 g/mol. The van der Waals surface area contributed by atoms with E-state index in [9.17, 15) is 13.2 Å². The number of hydrogen-bond acceptors (Lipinski definition) is 2. The third-order valence-electron chi connectivity index (χ3n) is 1.78. The molecule has 0 aliphatic heterocycles. The zero-order chi connectivity index (χ0) is 11.4. The fourth-order valence-corrected chi connectivity index (χ4v) is 1.29. The van der Waals surface area contributed by atoms with Crippen molar-refractivity contribution in [3.05, 3.63) is 28.8 Å². The molecule has 15 heavy (non-hydrogen) atoms. The van der Waals surface area contributed by atoms with Crippen molar-refractivity contribution < 1.29 is 13.2 Å². The second-order valence-electron chi connectivity index (χ2n) is 2.75. The molecule has 2 nitrogen and oxygen atoms in total. The SMILES string of the molecule is N#CCc1cc(CCl)c(F)nc1C(F)F. The van der Waals surface area contributed by atoms with E-state index in [4.69, 9.17) is 16.9 Å². The van der Waals surface area contributed by atoms with E-state index in [0.29, 0.717) is 0 Å². The predicted octanol–water partition coefficient (Wildman–Crippen LogP) is 2.96. The van der Waals surface area contributed by atoms with Gasteiger partial charge >= 0.3 is 0 Å². The number of alkyl halides is 3. The van der Waals surface area contributed by atoms with Gasteiger partial charge in [0.15, 0.2) is 0 Å². The zero-order valence-corrected chi connectivity index (χ0v) is 8.23. The summed E-state index contributed by atoms with van der Waals surface area (Å²) in [6.45, 7) is 0. The van der Waals surface area contributed by atoms with E-state index < -0.39 is 18.1 Å². The summed E-state index contributed by atoms with van der Waals surface area (Å²) in [5, 5.41) is 8.41. The third kappa shape index (κ3) is 2.60. The maximum atomic E-state index is 13.0. The van der Waals surface area contributed by atoms with Crippen molar-refractivity contribution in [2.45, 2.75) is 18.7 Å². The molecule has 0 saturated carbocycles. The van der Waals surface area contributed by atoms with Gasteiger partial charge in [-0.2, -0.15) is 9.65 Å². The zero-order valence-electron chi connectivity index (χ0n) is 7.48. The van der Waals surface area contributed by atoms with Crippen LogP contribution in [0.4, 0.5) is 13.2 Å². The molecule has 1 rings (SSSR count). The molecule has 0 amide bonds. The normalized spacial score (nSPS) is 10.4. The fraction of sp³-hybridized carbons (Fsp3) is 0.333. The number of rotatable bonds is 3. The Morgan fingerprint density at radius 3 is 2.60 bits per heavy atom. The first-order chi connectivity index (χ1) is 7.10. The summed E-state index contributed by atoms with van der Waals surface area (Å²) in [5.41, 5.74) is -0.654. The second kappa shape index (κ2) is 4.99. The maximum Gasteiger partial charge on any atom is 0.280 e. The number of pyridine rings is 1. The molecule has 1 aromatic rings. The van der Waals surface area contributed by atoms with Crippen LogP contribution in [0, 0.1) is 17.3 Å². The Labute approximate surface area is 89.3 Å². The molecule has 0 radical (unpaired) electrons. The van der Waals surface area contributed by atoms with Crippen molar-refractivity contribution in [3.63, 3.8) is 0 Å². The van der Waals surface area contributed by atoms with Crippen LogP contribution in [0.15, 0.2) is 6.07 Å². The molecule has 6 heteroatoms. The number of nitrogens with zero attached hydrogens (tertiary/aromatic N) is 2. The Morgan fingerprint density at radius 1 is 1.47 bits per heavy atom. The van der Waals surface area contributed by atoms with Gasteiger partial charge in [0.25, 0.3) is 6.43 Å². The average molecular weight is 235 g/mol. The largest absolute Gasteiger partial charge is 0.280 e. The van der Waals surface area contributed by atoms with Crippen LogP contribution >= 0.6 is 11.6 Å². The van der Waals surface area contributed by atoms with Crippen LogP contribution in [0.25, 0.3) is 0 Å². The Bertz CT molecular complexity index is 401. The molecular formula is C9H6ClF3N2. The second-order valence-corrected chi connectivity index (χ2v) is 3.02. The molecule has 0 fully saturated rings. The molecule has 0 aliphatic rings. The molecule has 0 bridgehead atoms. The minimum Gasteiger partial charge on any atom is -0.218 e. The lowest BCUT2D eigenvalue weighted by atomic mass is 10.1. The highest BCUT2D eigenvalue weighted by atomic mass is 35.5.